The molecule has 0 radical (unpaired) electrons. The van der Waals surface area contributed by atoms with Crippen molar-refractivity contribution in [3.05, 3.63) is 60.8 Å². The highest BCUT2D eigenvalue weighted by Gasteiger charge is 2.15. The van der Waals surface area contributed by atoms with E-state index in [-0.39, 0.29) is 0 Å². The standard InChI is InChI=1S/C20H15N5/c21-19-17-14-8-9-23-18(14)15(10-16(17)24-20(22)25-19)13-7-3-5-11-4-1-2-6-12(11)13/h1-10H,21H2,(H3,22,24,25). The van der Waals surface area contributed by atoms with Gasteiger partial charge < -0.3 is 16.5 Å². The fourth-order valence-corrected chi connectivity index (χ4v) is 3.57. The summed E-state index contributed by atoms with van der Waals surface area (Å²) < 4.78 is 0. The van der Waals surface area contributed by atoms with Crippen molar-refractivity contribution in [3.63, 3.8) is 0 Å². The zero-order valence-corrected chi connectivity index (χ0v) is 13.3. The molecule has 3 aromatic carbocycles. The Bertz CT molecular complexity index is 1260. The molecule has 2 aromatic heterocycles. The van der Waals surface area contributed by atoms with E-state index in [0.717, 1.165) is 32.9 Å². The van der Waals surface area contributed by atoms with Gasteiger partial charge in [0.15, 0.2) is 5.95 Å². The zero-order valence-electron chi connectivity index (χ0n) is 13.3. The van der Waals surface area contributed by atoms with Gasteiger partial charge >= 0.3 is 0 Å². The second kappa shape index (κ2) is 4.95. The molecule has 25 heavy (non-hydrogen) atoms. The third-order valence-corrected chi connectivity index (χ3v) is 4.62. The van der Waals surface area contributed by atoms with Crippen molar-refractivity contribution in [2.45, 2.75) is 0 Å². The van der Waals surface area contributed by atoms with Crippen molar-refractivity contribution >= 4 is 44.3 Å². The second-order valence-corrected chi connectivity index (χ2v) is 6.09. The van der Waals surface area contributed by atoms with Crippen LogP contribution < -0.4 is 11.5 Å². The number of rotatable bonds is 1. The molecule has 0 spiro atoms. The Morgan fingerprint density at radius 2 is 1.68 bits per heavy atom. The number of hydrogen-bond acceptors (Lipinski definition) is 4. The predicted molar refractivity (Wildman–Crippen MR) is 103 cm³/mol. The largest absolute Gasteiger partial charge is 0.383 e. The molecule has 2 heterocycles. The summed E-state index contributed by atoms with van der Waals surface area (Å²) in [6.07, 6.45) is 1.80. The summed E-state index contributed by atoms with van der Waals surface area (Å²) in [6, 6.07) is 18.7. The quantitative estimate of drug-likeness (QED) is 0.432. The molecule has 5 aromatic rings. The molecule has 0 fully saturated rings. The van der Waals surface area contributed by atoms with Crippen LogP contribution in [0.2, 0.25) is 0 Å². The van der Waals surface area contributed by atoms with Gasteiger partial charge in [0, 0.05) is 22.5 Å². The molecule has 0 unspecified atom stereocenters. The monoisotopic (exact) mass is 325 g/mol. The Labute approximate surface area is 143 Å². The highest BCUT2D eigenvalue weighted by atomic mass is 15.0. The molecule has 0 aliphatic rings. The third-order valence-electron chi connectivity index (χ3n) is 4.62. The van der Waals surface area contributed by atoms with E-state index < -0.39 is 0 Å². The van der Waals surface area contributed by atoms with E-state index >= 15 is 0 Å². The van der Waals surface area contributed by atoms with Crippen molar-refractivity contribution in [2.24, 2.45) is 0 Å². The van der Waals surface area contributed by atoms with Gasteiger partial charge in [0.1, 0.15) is 5.82 Å². The van der Waals surface area contributed by atoms with Gasteiger partial charge in [0.25, 0.3) is 0 Å². The Hall–Kier alpha value is -3.60. The Morgan fingerprint density at radius 1 is 0.840 bits per heavy atom. The van der Waals surface area contributed by atoms with Crippen LogP contribution in [0.15, 0.2) is 60.8 Å². The molecule has 0 amide bonds. The van der Waals surface area contributed by atoms with Gasteiger partial charge in [-0.3, -0.25) is 4.98 Å². The lowest BCUT2D eigenvalue weighted by Crippen LogP contribution is -2.01. The van der Waals surface area contributed by atoms with Gasteiger partial charge in [-0.05, 0) is 28.5 Å². The Morgan fingerprint density at radius 3 is 2.60 bits per heavy atom. The fraction of sp³-hybridized carbons (Fsp3) is 0. The van der Waals surface area contributed by atoms with Crippen LogP contribution >= 0.6 is 0 Å². The summed E-state index contributed by atoms with van der Waals surface area (Å²) in [5.74, 6) is 0.710. The van der Waals surface area contributed by atoms with Gasteiger partial charge in [0.05, 0.1) is 11.0 Å². The van der Waals surface area contributed by atoms with Crippen molar-refractivity contribution in [1.29, 1.82) is 0 Å². The summed E-state index contributed by atoms with van der Waals surface area (Å²) >= 11 is 0. The molecule has 0 aliphatic heterocycles. The highest BCUT2D eigenvalue weighted by molar-refractivity contribution is 6.17. The van der Waals surface area contributed by atoms with Crippen molar-refractivity contribution in [1.82, 2.24) is 15.0 Å². The molecule has 0 atom stereocenters. The lowest BCUT2D eigenvalue weighted by atomic mass is 9.95. The number of nitrogens with two attached hydrogens (primary N) is 2. The number of fused-ring (bicyclic) bond motifs is 4. The maximum absolute atomic E-state index is 6.12. The molecule has 0 saturated carbocycles. The lowest BCUT2D eigenvalue weighted by molar-refractivity contribution is 1.25. The minimum Gasteiger partial charge on any atom is -0.383 e. The molecule has 5 nitrogen and oxygen atoms in total. The smallest absolute Gasteiger partial charge is 0.199 e. The van der Waals surface area contributed by atoms with Gasteiger partial charge in [0.2, 0.25) is 0 Å². The second-order valence-electron chi connectivity index (χ2n) is 6.09. The third kappa shape index (κ3) is 1.96. The number of benzene rings is 3. The van der Waals surface area contributed by atoms with Crippen LogP contribution in [0.5, 0.6) is 0 Å². The SMILES string of the molecule is Nc1nc(N)c2c(cc(-c3cccc4ccccc34)c3nccc32)[nH]1. The molecule has 0 bridgehead atoms. The van der Waals surface area contributed by atoms with Gasteiger partial charge in [-0.1, -0.05) is 42.5 Å². The van der Waals surface area contributed by atoms with Crippen molar-refractivity contribution < 1.29 is 0 Å². The van der Waals surface area contributed by atoms with E-state index in [1.807, 2.05) is 12.1 Å². The van der Waals surface area contributed by atoms with Crippen LogP contribution in [0.25, 0.3) is 43.7 Å². The molecule has 120 valence electrons. The summed E-state index contributed by atoms with van der Waals surface area (Å²) in [5, 5.41) is 4.20. The van der Waals surface area contributed by atoms with E-state index in [2.05, 4.69) is 57.4 Å². The number of nitrogens with one attached hydrogen (secondary N) is 1. The van der Waals surface area contributed by atoms with Crippen LogP contribution in [0.3, 0.4) is 0 Å². The fourth-order valence-electron chi connectivity index (χ4n) is 3.57. The van der Waals surface area contributed by atoms with E-state index in [0.29, 0.717) is 11.8 Å². The van der Waals surface area contributed by atoms with Crippen LogP contribution in [0.4, 0.5) is 11.8 Å². The number of nitrogen functional groups attached to an aromatic ring is 2. The van der Waals surface area contributed by atoms with E-state index in [1.165, 1.54) is 10.8 Å². The van der Waals surface area contributed by atoms with Crippen LogP contribution in [-0.2, 0) is 0 Å². The average molecular weight is 325 g/mol. The highest BCUT2D eigenvalue weighted by Crippen LogP contribution is 2.38. The number of aromatic amines is 1. The minimum atomic E-state index is 0.299. The van der Waals surface area contributed by atoms with E-state index in [4.69, 9.17) is 11.5 Å². The van der Waals surface area contributed by atoms with Crippen LogP contribution in [0.1, 0.15) is 0 Å². The lowest BCUT2D eigenvalue weighted by Gasteiger charge is -2.11. The maximum atomic E-state index is 6.12. The summed E-state index contributed by atoms with van der Waals surface area (Å²) in [4.78, 5) is 11.9. The number of nitrogens with zero attached hydrogens (tertiary/aromatic N) is 2. The van der Waals surface area contributed by atoms with Crippen LogP contribution in [-0.4, -0.2) is 15.0 Å². The Balaban J connectivity index is 1.97. The minimum absolute atomic E-state index is 0.299. The average Bonchev–Trinajstić information content (AvgIpc) is 3.09. The number of hydrogen-bond donors (Lipinski definition) is 3. The normalized spacial score (nSPS) is 11.5. The molecule has 0 saturated heterocycles. The van der Waals surface area contributed by atoms with E-state index in [1.54, 1.807) is 6.20 Å². The molecule has 5 N–H and O–H groups in total. The first-order chi connectivity index (χ1) is 12.2. The van der Waals surface area contributed by atoms with E-state index in [9.17, 15) is 0 Å². The molecule has 0 aliphatic carbocycles. The Kier molecular flexibility index (Phi) is 2.73. The van der Waals surface area contributed by atoms with Gasteiger partial charge in [-0.15, -0.1) is 0 Å². The first-order valence-corrected chi connectivity index (χ1v) is 8.03. The van der Waals surface area contributed by atoms with Crippen molar-refractivity contribution in [2.75, 3.05) is 11.5 Å². The topological polar surface area (TPSA) is 93.6 Å². The summed E-state index contributed by atoms with van der Waals surface area (Å²) in [6.45, 7) is 0. The molecule has 5 rings (SSSR count). The van der Waals surface area contributed by atoms with Crippen molar-refractivity contribution in [3.8, 4) is 11.1 Å². The number of H-pyrrole nitrogens is 1. The van der Waals surface area contributed by atoms with Crippen LogP contribution in [0, 0.1) is 0 Å². The first-order valence-electron chi connectivity index (χ1n) is 8.03. The summed E-state index contributed by atoms with van der Waals surface area (Å²) in [7, 11) is 0. The zero-order chi connectivity index (χ0) is 17.0. The molecule has 5 heteroatoms. The number of aromatic nitrogens is 3. The summed E-state index contributed by atoms with van der Waals surface area (Å²) in [5.41, 5.74) is 15.9. The molecular formula is C20H15N5. The molecular weight excluding hydrogens is 310 g/mol. The first kappa shape index (κ1) is 13.8. The maximum Gasteiger partial charge on any atom is 0.199 e. The van der Waals surface area contributed by atoms with Gasteiger partial charge in [-0.2, -0.15) is 4.98 Å². The van der Waals surface area contributed by atoms with Gasteiger partial charge in [-0.25, -0.2) is 0 Å². The number of anilines is 2. The predicted octanol–water partition coefficient (Wildman–Crippen LogP) is 4.10.